The van der Waals surface area contributed by atoms with Gasteiger partial charge in [-0.2, -0.15) is 0 Å². The van der Waals surface area contributed by atoms with Crippen molar-refractivity contribution in [3.63, 3.8) is 0 Å². The summed E-state index contributed by atoms with van der Waals surface area (Å²) in [4.78, 5) is 15.8. The van der Waals surface area contributed by atoms with E-state index in [9.17, 15) is 9.90 Å². The Morgan fingerprint density at radius 3 is 2.72 bits per heavy atom. The van der Waals surface area contributed by atoms with Crippen molar-refractivity contribution in [2.75, 3.05) is 40.4 Å². The molecule has 0 bridgehead atoms. The van der Waals surface area contributed by atoms with Gasteiger partial charge in [-0.15, -0.1) is 0 Å². The molecule has 2 aliphatic rings. The number of piperidine rings is 1. The van der Waals surface area contributed by atoms with Gasteiger partial charge in [-0.05, 0) is 43.2 Å². The third-order valence-electron chi connectivity index (χ3n) is 5.80. The fourth-order valence-corrected chi connectivity index (χ4v) is 4.19. The standard InChI is InChI=1S/C19H30N2O4/c1-14-12-21(9-8-19(14,23)15-6-10-24-11-7-15)13-16-4-5-17(25-16)18(22)20(2)3/h4-5,14-15,23H,6-13H2,1-3H3/t14-,19+/m1/s1. The number of nitrogens with zero attached hydrogens (tertiary/aromatic N) is 2. The van der Waals surface area contributed by atoms with Gasteiger partial charge in [0.1, 0.15) is 5.76 Å². The van der Waals surface area contributed by atoms with E-state index in [2.05, 4.69) is 11.8 Å². The molecule has 6 nitrogen and oxygen atoms in total. The number of carbonyl (C=O) groups is 1. The molecule has 2 aliphatic heterocycles. The Morgan fingerprint density at radius 2 is 2.08 bits per heavy atom. The van der Waals surface area contributed by atoms with Crippen LogP contribution in [-0.4, -0.2) is 66.8 Å². The number of rotatable bonds is 4. The number of amides is 1. The molecule has 0 spiro atoms. The molecule has 1 aromatic heterocycles. The van der Waals surface area contributed by atoms with Crippen molar-refractivity contribution >= 4 is 5.91 Å². The Labute approximate surface area is 149 Å². The van der Waals surface area contributed by atoms with Crippen LogP contribution in [0.2, 0.25) is 0 Å². The van der Waals surface area contributed by atoms with E-state index in [1.54, 1.807) is 20.2 Å². The Morgan fingerprint density at radius 1 is 1.36 bits per heavy atom. The van der Waals surface area contributed by atoms with Crippen LogP contribution in [0.4, 0.5) is 0 Å². The summed E-state index contributed by atoms with van der Waals surface area (Å²) in [5, 5.41) is 11.2. The van der Waals surface area contributed by atoms with Gasteiger partial charge in [-0.3, -0.25) is 9.69 Å². The van der Waals surface area contributed by atoms with Crippen LogP contribution in [0, 0.1) is 11.8 Å². The Bertz CT molecular complexity index is 594. The third-order valence-corrected chi connectivity index (χ3v) is 5.80. The first-order chi connectivity index (χ1) is 11.9. The summed E-state index contributed by atoms with van der Waals surface area (Å²) in [6.07, 6.45) is 2.69. The molecule has 6 heteroatoms. The molecule has 0 aliphatic carbocycles. The molecular formula is C19H30N2O4. The van der Waals surface area contributed by atoms with Crippen LogP contribution >= 0.6 is 0 Å². The van der Waals surface area contributed by atoms with Crippen LogP contribution in [-0.2, 0) is 11.3 Å². The monoisotopic (exact) mass is 350 g/mol. The molecule has 2 saturated heterocycles. The second kappa shape index (κ2) is 7.48. The minimum absolute atomic E-state index is 0.118. The first-order valence-electron chi connectivity index (χ1n) is 9.23. The van der Waals surface area contributed by atoms with Gasteiger partial charge in [0.25, 0.3) is 5.91 Å². The third kappa shape index (κ3) is 3.91. The highest BCUT2D eigenvalue weighted by Crippen LogP contribution is 2.39. The van der Waals surface area contributed by atoms with Gasteiger partial charge in [-0.25, -0.2) is 0 Å². The predicted octanol–water partition coefficient (Wildman–Crippen LogP) is 1.98. The zero-order chi connectivity index (χ0) is 18.0. The molecule has 0 unspecified atom stereocenters. The minimum Gasteiger partial charge on any atom is -0.455 e. The maximum atomic E-state index is 11.9. The van der Waals surface area contributed by atoms with E-state index in [4.69, 9.17) is 9.15 Å². The van der Waals surface area contributed by atoms with E-state index in [0.29, 0.717) is 18.2 Å². The Hall–Kier alpha value is -1.37. The molecule has 25 heavy (non-hydrogen) atoms. The van der Waals surface area contributed by atoms with Gasteiger partial charge in [0.2, 0.25) is 0 Å². The highest BCUT2D eigenvalue weighted by molar-refractivity contribution is 5.91. The van der Waals surface area contributed by atoms with Gasteiger partial charge in [0, 0.05) is 40.4 Å². The summed E-state index contributed by atoms with van der Waals surface area (Å²) >= 11 is 0. The first kappa shape index (κ1) is 18.4. The lowest BCUT2D eigenvalue weighted by molar-refractivity contribution is -0.132. The number of carbonyl (C=O) groups excluding carboxylic acids is 1. The second-order valence-corrected chi connectivity index (χ2v) is 7.73. The molecular weight excluding hydrogens is 320 g/mol. The van der Waals surface area contributed by atoms with Gasteiger partial charge < -0.3 is 19.2 Å². The van der Waals surface area contributed by atoms with E-state index >= 15 is 0 Å². The average Bonchev–Trinajstić information content (AvgIpc) is 3.06. The predicted molar refractivity (Wildman–Crippen MR) is 94.3 cm³/mol. The van der Waals surface area contributed by atoms with Crippen LogP contribution in [0.15, 0.2) is 16.5 Å². The molecule has 2 fully saturated rings. The molecule has 1 aromatic rings. The molecule has 140 valence electrons. The summed E-state index contributed by atoms with van der Waals surface area (Å²) in [6.45, 7) is 6.03. The number of aliphatic hydroxyl groups is 1. The Kier molecular flexibility index (Phi) is 5.51. The molecule has 2 atom stereocenters. The lowest BCUT2D eigenvalue weighted by atomic mass is 9.70. The fraction of sp³-hybridized carbons (Fsp3) is 0.737. The van der Waals surface area contributed by atoms with Crippen LogP contribution < -0.4 is 0 Å². The molecule has 0 aromatic carbocycles. The van der Waals surface area contributed by atoms with Crippen molar-refractivity contribution in [1.29, 1.82) is 0 Å². The number of hydrogen-bond acceptors (Lipinski definition) is 5. The van der Waals surface area contributed by atoms with E-state index in [0.717, 1.165) is 51.3 Å². The van der Waals surface area contributed by atoms with Crippen LogP contribution in [0.25, 0.3) is 0 Å². The number of furan rings is 1. The quantitative estimate of drug-likeness (QED) is 0.899. The SMILES string of the molecule is C[C@@H]1CN(Cc2ccc(C(=O)N(C)C)o2)CC[C@@]1(O)C1CCOCC1. The molecule has 0 radical (unpaired) electrons. The summed E-state index contributed by atoms with van der Waals surface area (Å²) in [7, 11) is 3.43. The average molecular weight is 350 g/mol. The molecule has 3 heterocycles. The molecule has 1 N–H and O–H groups in total. The maximum Gasteiger partial charge on any atom is 0.289 e. The molecule has 3 rings (SSSR count). The van der Waals surface area contributed by atoms with Crippen molar-refractivity contribution in [2.24, 2.45) is 11.8 Å². The second-order valence-electron chi connectivity index (χ2n) is 7.73. The summed E-state index contributed by atoms with van der Waals surface area (Å²) in [5.41, 5.74) is -0.588. The van der Waals surface area contributed by atoms with Crippen molar-refractivity contribution in [1.82, 2.24) is 9.80 Å². The largest absolute Gasteiger partial charge is 0.455 e. The zero-order valence-corrected chi connectivity index (χ0v) is 15.5. The number of likely N-dealkylation sites (tertiary alicyclic amines) is 1. The number of ether oxygens (including phenoxy) is 1. The van der Waals surface area contributed by atoms with Gasteiger partial charge >= 0.3 is 0 Å². The fourth-order valence-electron chi connectivity index (χ4n) is 4.19. The topological polar surface area (TPSA) is 66.2 Å². The smallest absolute Gasteiger partial charge is 0.289 e. The lowest BCUT2D eigenvalue weighted by Crippen LogP contribution is -2.55. The van der Waals surface area contributed by atoms with Crippen LogP contribution in [0.3, 0.4) is 0 Å². The van der Waals surface area contributed by atoms with Gasteiger partial charge in [0.15, 0.2) is 5.76 Å². The summed E-state index contributed by atoms with van der Waals surface area (Å²) in [6, 6.07) is 3.62. The van der Waals surface area contributed by atoms with Gasteiger partial charge in [-0.1, -0.05) is 6.92 Å². The minimum atomic E-state index is -0.588. The van der Waals surface area contributed by atoms with Crippen molar-refractivity contribution < 1.29 is 19.1 Å². The van der Waals surface area contributed by atoms with Crippen molar-refractivity contribution in [3.05, 3.63) is 23.7 Å². The van der Waals surface area contributed by atoms with Crippen LogP contribution in [0.1, 0.15) is 42.5 Å². The highest BCUT2D eigenvalue weighted by Gasteiger charge is 2.45. The number of hydrogen-bond donors (Lipinski definition) is 1. The first-order valence-corrected chi connectivity index (χ1v) is 9.23. The maximum absolute atomic E-state index is 11.9. The summed E-state index contributed by atoms with van der Waals surface area (Å²) < 4.78 is 11.1. The Balaban J connectivity index is 1.59. The van der Waals surface area contributed by atoms with Crippen molar-refractivity contribution in [2.45, 2.75) is 38.3 Å². The van der Waals surface area contributed by atoms with E-state index < -0.39 is 5.60 Å². The van der Waals surface area contributed by atoms with Crippen molar-refractivity contribution in [3.8, 4) is 0 Å². The lowest BCUT2D eigenvalue weighted by Gasteiger charge is -2.48. The molecule has 0 saturated carbocycles. The van der Waals surface area contributed by atoms with E-state index in [1.165, 1.54) is 4.90 Å². The van der Waals surface area contributed by atoms with Gasteiger partial charge in [0.05, 0.1) is 12.1 Å². The molecule has 1 amide bonds. The van der Waals surface area contributed by atoms with Crippen LogP contribution in [0.5, 0.6) is 0 Å². The summed E-state index contributed by atoms with van der Waals surface area (Å²) in [5.74, 6) is 1.61. The zero-order valence-electron chi connectivity index (χ0n) is 15.5. The van der Waals surface area contributed by atoms with E-state index in [-0.39, 0.29) is 11.8 Å². The van der Waals surface area contributed by atoms with E-state index in [1.807, 2.05) is 6.07 Å². The normalized spacial score (nSPS) is 28.9. The highest BCUT2D eigenvalue weighted by atomic mass is 16.5.